The molecule has 0 fully saturated rings. The van der Waals surface area contributed by atoms with Gasteiger partial charge in [-0.15, -0.1) is 0 Å². The van der Waals surface area contributed by atoms with E-state index in [1.807, 2.05) is 30.3 Å². The fourth-order valence-electron chi connectivity index (χ4n) is 4.09. The van der Waals surface area contributed by atoms with Gasteiger partial charge in [0.15, 0.2) is 11.5 Å². The zero-order chi connectivity index (χ0) is 29.4. The van der Waals surface area contributed by atoms with E-state index in [4.69, 9.17) is 18.9 Å². The molecule has 0 radical (unpaired) electrons. The Labute approximate surface area is 239 Å². The van der Waals surface area contributed by atoms with Gasteiger partial charge in [0.25, 0.3) is 0 Å². The van der Waals surface area contributed by atoms with Crippen LogP contribution in [-0.4, -0.2) is 76.3 Å². The summed E-state index contributed by atoms with van der Waals surface area (Å²) in [5.41, 5.74) is 2.10. The summed E-state index contributed by atoms with van der Waals surface area (Å²) in [5.74, 6) is 1.18. The molecule has 1 N–H and O–H groups in total. The van der Waals surface area contributed by atoms with Crippen LogP contribution in [0.15, 0.2) is 83.9 Å². The van der Waals surface area contributed by atoms with Gasteiger partial charge in [-0.3, -0.25) is 14.7 Å². The predicted octanol–water partition coefficient (Wildman–Crippen LogP) is 3.84. The molecule has 41 heavy (non-hydrogen) atoms. The summed E-state index contributed by atoms with van der Waals surface area (Å²) >= 11 is 0. The van der Waals surface area contributed by atoms with Gasteiger partial charge in [-0.2, -0.15) is 4.31 Å². The van der Waals surface area contributed by atoms with E-state index in [0.29, 0.717) is 28.6 Å². The van der Waals surface area contributed by atoms with E-state index in [1.54, 1.807) is 48.2 Å². The fourth-order valence-corrected chi connectivity index (χ4v) is 5.47. The number of imidazole rings is 1. The Balaban J connectivity index is 1.66. The van der Waals surface area contributed by atoms with E-state index in [1.165, 1.54) is 33.5 Å². The molecule has 4 rings (SSSR count). The third-order valence-corrected chi connectivity index (χ3v) is 8.09. The maximum Gasteiger partial charge on any atom is 0.243 e. The molecule has 1 aromatic heterocycles. The largest absolute Gasteiger partial charge is 0.497 e. The highest BCUT2D eigenvalue weighted by Crippen LogP contribution is 2.32. The first-order valence-corrected chi connectivity index (χ1v) is 14.0. The molecule has 4 aromatic rings. The van der Waals surface area contributed by atoms with Crippen LogP contribution in [0.3, 0.4) is 0 Å². The van der Waals surface area contributed by atoms with Gasteiger partial charge in [0.05, 0.1) is 50.8 Å². The SMILES string of the molecule is COCCN(CC(=O)Nc1nc(-c2ccccc2)cn1-c1ccc(OC)c(OC)c1)S(=O)(=O)c1ccc(OC)cc1. The Morgan fingerprint density at radius 1 is 0.902 bits per heavy atom. The molecule has 0 bridgehead atoms. The van der Waals surface area contributed by atoms with E-state index in [2.05, 4.69) is 10.3 Å². The van der Waals surface area contributed by atoms with Gasteiger partial charge in [0.1, 0.15) is 5.75 Å². The first-order valence-electron chi connectivity index (χ1n) is 12.6. The van der Waals surface area contributed by atoms with Crippen molar-refractivity contribution in [2.75, 3.05) is 53.5 Å². The lowest BCUT2D eigenvalue weighted by molar-refractivity contribution is -0.116. The van der Waals surface area contributed by atoms with E-state index in [-0.39, 0.29) is 24.0 Å². The van der Waals surface area contributed by atoms with Crippen molar-refractivity contribution < 1.29 is 32.2 Å². The summed E-state index contributed by atoms with van der Waals surface area (Å²) in [6.45, 7) is -0.393. The number of carbonyl (C=O) groups excluding carboxylic acids is 1. The molecule has 11 nitrogen and oxygen atoms in total. The standard InChI is InChI=1S/C29H32N4O7S/c1-37-17-16-32(41(35,36)24-13-11-23(38-2)12-14-24)20-28(34)31-29-30-25(21-8-6-5-7-9-21)19-33(29)22-10-15-26(39-3)27(18-22)40-4/h5-15,18-19H,16-17,20H2,1-4H3,(H,30,31,34). The van der Waals surface area contributed by atoms with Gasteiger partial charge in [-0.25, -0.2) is 13.4 Å². The highest BCUT2D eigenvalue weighted by atomic mass is 32.2. The Morgan fingerprint density at radius 3 is 2.24 bits per heavy atom. The van der Waals surface area contributed by atoms with Gasteiger partial charge in [0.2, 0.25) is 21.9 Å². The van der Waals surface area contributed by atoms with E-state index >= 15 is 0 Å². The number of hydrogen-bond acceptors (Lipinski definition) is 8. The summed E-state index contributed by atoms with van der Waals surface area (Å²) in [5, 5.41) is 2.79. The Morgan fingerprint density at radius 2 is 1.61 bits per heavy atom. The lowest BCUT2D eigenvalue weighted by Gasteiger charge is -2.21. The first kappa shape index (κ1) is 29.6. The van der Waals surface area contributed by atoms with Crippen molar-refractivity contribution in [1.29, 1.82) is 0 Å². The predicted molar refractivity (Wildman–Crippen MR) is 154 cm³/mol. The molecule has 0 atom stereocenters. The summed E-state index contributed by atoms with van der Waals surface area (Å²) in [6, 6.07) is 20.7. The molecular formula is C29H32N4O7S. The van der Waals surface area contributed by atoms with Crippen molar-refractivity contribution in [3.05, 3.63) is 79.0 Å². The van der Waals surface area contributed by atoms with Crippen LogP contribution in [-0.2, 0) is 19.6 Å². The Hall–Kier alpha value is -4.39. The molecular weight excluding hydrogens is 548 g/mol. The van der Waals surface area contributed by atoms with Crippen LogP contribution in [0.2, 0.25) is 0 Å². The van der Waals surface area contributed by atoms with E-state index in [9.17, 15) is 13.2 Å². The molecule has 1 heterocycles. The molecule has 0 saturated carbocycles. The second-order valence-corrected chi connectivity index (χ2v) is 10.7. The van der Waals surface area contributed by atoms with Crippen molar-refractivity contribution in [1.82, 2.24) is 13.9 Å². The van der Waals surface area contributed by atoms with Gasteiger partial charge >= 0.3 is 0 Å². The minimum absolute atomic E-state index is 0.0281. The van der Waals surface area contributed by atoms with E-state index in [0.717, 1.165) is 9.87 Å². The summed E-state index contributed by atoms with van der Waals surface area (Å²) in [6.07, 6.45) is 1.78. The number of aromatic nitrogens is 2. The van der Waals surface area contributed by atoms with Gasteiger partial charge in [-0.1, -0.05) is 30.3 Å². The minimum atomic E-state index is -4.02. The summed E-state index contributed by atoms with van der Waals surface area (Å²) in [4.78, 5) is 18.0. The molecule has 0 aliphatic heterocycles. The third-order valence-electron chi connectivity index (χ3n) is 6.23. The number of rotatable bonds is 13. The molecule has 0 saturated heterocycles. The molecule has 216 valence electrons. The molecule has 0 aliphatic carbocycles. The highest BCUT2D eigenvalue weighted by Gasteiger charge is 2.27. The number of amides is 1. The summed E-state index contributed by atoms with van der Waals surface area (Å²) in [7, 11) is 2.01. The molecule has 0 spiro atoms. The van der Waals surface area contributed by atoms with Gasteiger partial charge < -0.3 is 18.9 Å². The average Bonchev–Trinajstić information content (AvgIpc) is 3.42. The monoisotopic (exact) mass is 580 g/mol. The van der Waals surface area contributed by atoms with Crippen LogP contribution in [0, 0.1) is 0 Å². The molecule has 12 heteroatoms. The lowest BCUT2D eigenvalue weighted by atomic mass is 10.2. The summed E-state index contributed by atoms with van der Waals surface area (Å²) < 4.78 is 50.7. The van der Waals surface area contributed by atoms with Crippen molar-refractivity contribution in [2.24, 2.45) is 0 Å². The van der Waals surface area contributed by atoms with Crippen LogP contribution in [0.1, 0.15) is 0 Å². The number of nitrogens with zero attached hydrogens (tertiary/aromatic N) is 3. The van der Waals surface area contributed by atoms with Crippen molar-refractivity contribution >= 4 is 21.9 Å². The third kappa shape index (κ3) is 6.85. The van der Waals surface area contributed by atoms with Crippen molar-refractivity contribution in [3.63, 3.8) is 0 Å². The number of hydrogen-bond donors (Lipinski definition) is 1. The number of methoxy groups -OCH3 is 4. The van der Waals surface area contributed by atoms with Crippen LogP contribution in [0.4, 0.5) is 5.95 Å². The van der Waals surface area contributed by atoms with Gasteiger partial charge in [0, 0.05) is 31.5 Å². The normalized spacial score (nSPS) is 11.3. The molecule has 3 aromatic carbocycles. The molecule has 0 aliphatic rings. The zero-order valence-electron chi connectivity index (χ0n) is 23.2. The van der Waals surface area contributed by atoms with E-state index < -0.39 is 22.5 Å². The first-order chi connectivity index (χ1) is 19.8. The number of ether oxygens (including phenoxy) is 4. The van der Waals surface area contributed by atoms with Crippen LogP contribution in [0.5, 0.6) is 17.2 Å². The van der Waals surface area contributed by atoms with Gasteiger partial charge in [-0.05, 0) is 36.4 Å². The van der Waals surface area contributed by atoms with Crippen LogP contribution in [0.25, 0.3) is 16.9 Å². The molecule has 0 unspecified atom stereocenters. The number of carbonyl (C=O) groups is 1. The fraction of sp³-hybridized carbons (Fsp3) is 0.241. The van der Waals surface area contributed by atoms with Crippen molar-refractivity contribution in [2.45, 2.75) is 4.90 Å². The second kappa shape index (κ2) is 13.3. The maximum absolute atomic E-state index is 13.4. The smallest absolute Gasteiger partial charge is 0.243 e. The topological polar surface area (TPSA) is 121 Å². The minimum Gasteiger partial charge on any atom is -0.497 e. The number of anilines is 1. The lowest BCUT2D eigenvalue weighted by Crippen LogP contribution is -2.40. The average molecular weight is 581 g/mol. The van der Waals surface area contributed by atoms with Crippen LogP contribution >= 0.6 is 0 Å². The number of sulfonamides is 1. The zero-order valence-corrected chi connectivity index (χ0v) is 24.1. The molecule has 1 amide bonds. The maximum atomic E-state index is 13.4. The Bertz CT molecular complexity index is 1570. The second-order valence-electron chi connectivity index (χ2n) is 8.78. The highest BCUT2D eigenvalue weighted by molar-refractivity contribution is 7.89. The number of benzene rings is 3. The Kier molecular flexibility index (Phi) is 9.61. The quantitative estimate of drug-likeness (QED) is 0.253. The number of nitrogens with one attached hydrogen (secondary N) is 1. The van der Waals surface area contributed by atoms with Crippen molar-refractivity contribution in [3.8, 4) is 34.2 Å². The van der Waals surface area contributed by atoms with Crippen LogP contribution < -0.4 is 19.5 Å².